The lowest BCUT2D eigenvalue weighted by molar-refractivity contribution is -0.141. The first-order valence-corrected chi connectivity index (χ1v) is 8.69. The van der Waals surface area contributed by atoms with Crippen molar-refractivity contribution in [3.05, 3.63) is 30.1 Å². The molecule has 118 valence electrons. The van der Waals surface area contributed by atoms with Gasteiger partial charge in [0.15, 0.2) is 0 Å². The van der Waals surface area contributed by atoms with Crippen molar-refractivity contribution in [3.8, 4) is 0 Å². The van der Waals surface area contributed by atoms with Crippen molar-refractivity contribution in [3.63, 3.8) is 0 Å². The maximum atomic E-state index is 12.4. The molecule has 1 amide bonds. The molecule has 22 heavy (non-hydrogen) atoms. The third kappa shape index (κ3) is 2.73. The van der Waals surface area contributed by atoms with Crippen LogP contribution in [0.4, 0.5) is 0 Å². The number of thioether (sulfide) groups is 1. The number of amides is 1. The van der Waals surface area contributed by atoms with Crippen LogP contribution in [0.3, 0.4) is 0 Å². The second kappa shape index (κ2) is 5.93. The quantitative estimate of drug-likeness (QED) is 0.908. The van der Waals surface area contributed by atoms with Gasteiger partial charge in [-0.3, -0.25) is 4.79 Å². The molecule has 0 aliphatic carbocycles. The number of nitrogens with zero attached hydrogens (tertiary/aromatic N) is 2. The first-order valence-electron chi connectivity index (χ1n) is 7.54. The number of nitrogens with one attached hydrogen (secondary N) is 1. The second-order valence-corrected chi connectivity index (χ2v) is 7.08. The van der Waals surface area contributed by atoms with Crippen molar-refractivity contribution in [2.45, 2.75) is 31.4 Å². The lowest BCUT2D eigenvalue weighted by Crippen LogP contribution is -2.49. The third-order valence-electron chi connectivity index (χ3n) is 4.30. The summed E-state index contributed by atoms with van der Waals surface area (Å²) < 4.78 is 1.99. The molecule has 1 aromatic carbocycles. The number of rotatable bonds is 3. The SMILES string of the molecule is CC(NC(=O)C1(O)CCSCC1)c1nc2ccccc2n1C. The van der Waals surface area contributed by atoms with E-state index >= 15 is 0 Å². The number of fused-ring (bicyclic) bond motifs is 1. The van der Waals surface area contributed by atoms with Gasteiger partial charge in [0.25, 0.3) is 5.91 Å². The van der Waals surface area contributed by atoms with Gasteiger partial charge in [0.1, 0.15) is 11.4 Å². The summed E-state index contributed by atoms with van der Waals surface area (Å²) in [5.41, 5.74) is 0.713. The van der Waals surface area contributed by atoms with E-state index in [9.17, 15) is 9.90 Å². The van der Waals surface area contributed by atoms with Gasteiger partial charge in [-0.1, -0.05) is 12.1 Å². The predicted octanol–water partition coefficient (Wildman–Crippen LogP) is 2.01. The van der Waals surface area contributed by atoms with E-state index in [0.717, 1.165) is 28.4 Å². The fraction of sp³-hybridized carbons (Fsp3) is 0.500. The van der Waals surface area contributed by atoms with Gasteiger partial charge in [0, 0.05) is 7.05 Å². The number of aromatic nitrogens is 2. The van der Waals surface area contributed by atoms with Crippen molar-refractivity contribution in [1.82, 2.24) is 14.9 Å². The third-order valence-corrected chi connectivity index (χ3v) is 5.28. The highest BCUT2D eigenvalue weighted by atomic mass is 32.2. The van der Waals surface area contributed by atoms with Crippen LogP contribution in [0, 0.1) is 0 Å². The van der Waals surface area contributed by atoms with Crippen LogP contribution in [0.2, 0.25) is 0 Å². The molecular formula is C16H21N3O2S. The lowest BCUT2D eigenvalue weighted by atomic mass is 9.95. The fourth-order valence-electron chi connectivity index (χ4n) is 2.88. The molecule has 2 heterocycles. The molecule has 6 heteroatoms. The van der Waals surface area contributed by atoms with Crippen LogP contribution in [0.25, 0.3) is 11.0 Å². The summed E-state index contributed by atoms with van der Waals surface area (Å²) in [5, 5.41) is 13.4. The molecule has 1 aliphatic rings. The van der Waals surface area contributed by atoms with Gasteiger partial charge in [-0.05, 0) is 43.4 Å². The van der Waals surface area contributed by atoms with Crippen LogP contribution in [0.1, 0.15) is 31.6 Å². The summed E-state index contributed by atoms with van der Waals surface area (Å²) in [7, 11) is 1.94. The van der Waals surface area contributed by atoms with Gasteiger partial charge in [-0.25, -0.2) is 4.98 Å². The first kappa shape index (κ1) is 15.4. The Bertz CT molecular complexity index is 692. The minimum atomic E-state index is -1.23. The molecule has 3 rings (SSSR count). The monoisotopic (exact) mass is 319 g/mol. The number of carbonyl (C=O) groups excluding carboxylic acids is 1. The van der Waals surface area contributed by atoms with Crippen LogP contribution < -0.4 is 5.32 Å². The van der Waals surface area contributed by atoms with Crippen molar-refractivity contribution in [2.24, 2.45) is 7.05 Å². The summed E-state index contributed by atoms with van der Waals surface area (Å²) in [5.74, 6) is 2.16. The number of imidazole rings is 1. The zero-order chi connectivity index (χ0) is 15.7. The number of aryl methyl sites for hydroxylation is 1. The summed E-state index contributed by atoms with van der Waals surface area (Å²) in [6, 6.07) is 7.64. The van der Waals surface area contributed by atoms with Gasteiger partial charge in [-0.2, -0.15) is 11.8 Å². The smallest absolute Gasteiger partial charge is 0.252 e. The van der Waals surface area contributed by atoms with E-state index in [4.69, 9.17) is 0 Å². The number of hydrogen-bond acceptors (Lipinski definition) is 4. The Morgan fingerprint density at radius 1 is 1.41 bits per heavy atom. The van der Waals surface area contributed by atoms with Gasteiger partial charge >= 0.3 is 0 Å². The molecule has 1 aliphatic heterocycles. The standard InChI is InChI=1S/C16H21N3O2S/c1-11(17-15(20)16(21)7-9-22-10-8-16)14-18-12-5-3-4-6-13(12)19(14)2/h3-6,11,21H,7-10H2,1-2H3,(H,17,20). The van der Waals surface area contributed by atoms with E-state index in [0.29, 0.717) is 12.8 Å². The molecule has 0 bridgehead atoms. The molecule has 0 radical (unpaired) electrons. The summed E-state index contributed by atoms with van der Waals surface area (Å²) in [4.78, 5) is 17.0. The Morgan fingerprint density at radius 3 is 2.77 bits per heavy atom. The Morgan fingerprint density at radius 2 is 2.09 bits per heavy atom. The molecule has 1 fully saturated rings. The van der Waals surface area contributed by atoms with Crippen LogP contribution in [-0.4, -0.2) is 37.7 Å². The second-order valence-electron chi connectivity index (χ2n) is 5.86. The number of aliphatic hydroxyl groups is 1. The molecule has 1 saturated heterocycles. The zero-order valence-electron chi connectivity index (χ0n) is 12.9. The molecule has 2 aromatic rings. The van der Waals surface area contributed by atoms with Gasteiger partial charge < -0.3 is 15.0 Å². The van der Waals surface area contributed by atoms with E-state index in [1.807, 2.05) is 42.8 Å². The molecule has 1 aromatic heterocycles. The number of hydrogen-bond donors (Lipinski definition) is 2. The van der Waals surface area contributed by atoms with E-state index < -0.39 is 5.60 Å². The van der Waals surface area contributed by atoms with Crippen molar-refractivity contribution >= 4 is 28.7 Å². The fourth-order valence-corrected chi connectivity index (χ4v) is 4.05. The summed E-state index contributed by atoms with van der Waals surface area (Å²) >= 11 is 1.78. The first-order chi connectivity index (χ1) is 10.5. The Balaban J connectivity index is 1.79. The molecule has 1 atom stereocenters. The van der Waals surface area contributed by atoms with Gasteiger partial charge in [0.2, 0.25) is 0 Å². The molecule has 0 spiro atoms. The van der Waals surface area contributed by atoms with E-state index in [2.05, 4.69) is 10.3 Å². The minimum Gasteiger partial charge on any atom is -0.380 e. The number of carbonyl (C=O) groups is 1. The Kier molecular flexibility index (Phi) is 4.14. The topological polar surface area (TPSA) is 67.2 Å². The molecular weight excluding hydrogens is 298 g/mol. The van der Waals surface area contributed by atoms with Crippen molar-refractivity contribution in [2.75, 3.05) is 11.5 Å². The normalized spacial score (nSPS) is 19.0. The van der Waals surface area contributed by atoms with E-state index in [-0.39, 0.29) is 11.9 Å². The van der Waals surface area contributed by atoms with Crippen LogP contribution in [0.15, 0.2) is 24.3 Å². The number of para-hydroxylation sites is 2. The molecule has 2 N–H and O–H groups in total. The highest BCUT2D eigenvalue weighted by Crippen LogP contribution is 2.28. The lowest BCUT2D eigenvalue weighted by Gasteiger charge is -2.31. The van der Waals surface area contributed by atoms with Crippen molar-refractivity contribution in [1.29, 1.82) is 0 Å². The molecule has 0 saturated carbocycles. The molecule has 1 unspecified atom stereocenters. The van der Waals surface area contributed by atoms with E-state index in [1.165, 1.54) is 0 Å². The summed E-state index contributed by atoms with van der Waals surface area (Å²) in [6.45, 7) is 1.90. The average molecular weight is 319 g/mol. The highest BCUT2D eigenvalue weighted by Gasteiger charge is 2.38. The maximum Gasteiger partial charge on any atom is 0.252 e. The highest BCUT2D eigenvalue weighted by molar-refractivity contribution is 7.99. The Hall–Kier alpha value is -1.53. The average Bonchev–Trinajstić information content (AvgIpc) is 2.86. The number of benzene rings is 1. The van der Waals surface area contributed by atoms with Gasteiger partial charge in [-0.15, -0.1) is 0 Å². The van der Waals surface area contributed by atoms with Crippen LogP contribution in [0.5, 0.6) is 0 Å². The van der Waals surface area contributed by atoms with Gasteiger partial charge in [0.05, 0.1) is 17.1 Å². The Labute approximate surface area is 134 Å². The summed E-state index contributed by atoms with van der Waals surface area (Å²) in [6.07, 6.45) is 1.03. The van der Waals surface area contributed by atoms with E-state index in [1.54, 1.807) is 11.8 Å². The molecule has 5 nitrogen and oxygen atoms in total. The largest absolute Gasteiger partial charge is 0.380 e. The predicted molar refractivity (Wildman–Crippen MR) is 88.8 cm³/mol. The van der Waals surface area contributed by atoms with Crippen LogP contribution >= 0.6 is 11.8 Å². The van der Waals surface area contributed by atoms with Crippen LogP contribution in [-0.2, 0) is 11.8 Å². The zero-order valence-corrected chi connectivity index (χ0v) is 13.7. The minimum absolute atomic E-state index is 0.247. The maximum absolute atomic E-state index is 12.4. The van der Waals surface area contributed by atoms with Crippen molar-refractivity contribution < 1.29 is 9.90 Å².